The van der Waals surface area contributed by atoms with E-state index in [1.54, 1.807) is 10.8 Å². The van der Waals surface area contributed by atoms with Crippen LogP contribution in [0.2, 0.25) is 0 Å². The van der Waals surface area contributed by atoms with Crippen LogP contribution in [0.4, 0.5) is 5.82 Å². The monoisotopic (exact) mass is 487 g/mol. The van der Waals surface area contributed by atoms with Gasteiger partial charge in [0.2, 0.25) is 5.91 Å². The zero-order valence-corrected chi connectivity index (χ0v) is 20.4. The fourth-order valence-electron chi connectivity index (χ4n) is 4.26. The van der Waals surface area contributed by atoms with Crippen molar-refractivity contribution in [3.05, 3.63) is 74.6 Å². The van der Waals surface area contributed by atoms with Crippen molar-refractivity contribution in [3.63, 3.8) is 0 Å². The van der Waals surface area contributed by atoms with Crippen LogP contribution in [0.1, 0.15) is 50.3 Å². The number of pyridine rings is 1. The number of fused-ring (bicyclic) bond motifs is 1. The molecule has 0 radical (unpaired) electrons. The van der Waals surface area contributed by atoms with Gasteiger partial charge in [-0.1, -0.05) is 31.2 Å². The van der Waals surface area contributed by atoms with Gasteiger partial charge in [0, 0.05) is 44.4 Å². The number of rotatable bonds is 9. The van der Waals surface area contributed by atoms with Crippen molar-refractivity contribution >= 4 is 22.9 Å². The van der Waals surface area contributed by atoms with E-state index < -0.39 is 0 Å². The van der Waals surface area contributed by atoms with Gasteiger partial charge >= 0.3 is 5.69 Å². The van der Waals surface area contributed by atoms with Crippen LogP contribution in [-0.4, -0.2) is 30.0 Å². The van der Waals surface area contributed by atoms with Crippen molar-refractivity contribution < 1.29 is 4.79 Å². The Hall–Kier alpha value is -4.21. The number of anilines is 1. The molecule has 0 unspecified atom stereocenters. The molecule has 0 atom stereocenters. The first-order chi connectivity index (χ1) is 17.4. The number of nitrogens with zero attached hydrogens (tertiary/aromatic N) is 4. The maximum Gasteiger partial charge on any atom is 0.333 e. The van der Waals surface area contributed by atoms with Crippen molar-refractivity contribution in [1.82, 2.24) is 29.4 Å². The van der Waals surface area contributed by atoms with Crippen molar-refractivity contribution in [2.75, 3.05) is 5.32 Å². The summed E-state index contributed by atoms with van der Waals surface area (Å²) in [5.74, 6) is 1.14. The van der Waals surface area contributed by atoms with Crippen LogP contribution in [0.15, 0.2) is 52.2 Å². The number of aromatic nitrogens is 5. The van der Waals surface area contributed by atoms with Crippen LogP contribution >= 0.6 is 0 Å². The SMILES string of the molecule is CCCn1c(=O)n(C2CC2)c(=O)c2[nH]c(-c3ccc(NCc4cccc(CNC(C)=O)c4)nc3)nc21. The number of benzene rings is 1. The normalized spacial score (nSPS) is 13.2. The standard InChI is InChI=1S/C26H29N7O3/c1-3-11-32-24-22(25(35)33(26(32)36)20-8-9-20)30-23(31-24)19-7-10-21(29-15-19)28-14-18-6-4-5-17(12-18)13-27-16(2)34/h4-7,10,12,15,20H,3,8-9,11,13-14H2,1-2H3,(H,27,34)(H,28,29)(H,30,31). The Morgan fingerprint density at radius 2 is 1.92 bits per heavy atom. The Morgan fingerprint density at radius 1 is 1.14 bits per heavy atom. The fourth-order valence-corrected chi connectivity index (χ4v) is 4.26. The molecule has 0 spiro atoms. The lowest BCUT2D eigenvalue weighted by molar-refractivity contribution is -0.119. The van der Waals surface area contributed by atoms with Crippen molar-refractivity contribution in [2.45, 2.75) is 58.8 Å². The number of carbonyl (C=O) groups excluding carboxylic acids is 1. The van der Waals surface area contributed by atoms with E-state index in [9.17, 15) is 14.4 Å². The predicted octanol–water partition coefficient (Wildman–Crippen LogP) is 2.94. The van der Waals surface area contributed by atoms with E-state index in [1.807, 2.05) is 43.3 Å². The molecule has 1 aliphatic rings. The summed E-state index contributed by atoms with van der Waals surface area (Å²) in [4.78, 5) is 49.4. The van der Waals surface area contributed by atoms with E-state index in [4.69, 9.17) is 0 Å². The van der Waals surface area contributed by atoms with Crippen LogP contribution in [0.25, 0.3) is 22.6 Å². The molecule has 10 heteroatoms. The van der Waals surface area contributed by atoms with Gasteiger partial charge in [-0.2, -0.15) is 0 Å². The largest absolute Gasteiger partial charge is 0.366 e. The third kappa shape index (κ3) is 4.79. The van der Waals surface area contributed by atoms with E-state index >= 15 is 0 Å². The molecule has 1 fully saturated rings. The topological polar surface area (TPSA) is 127 Å². The molecule has 1 amide bonds. The lowest BCUT2D eigenvalue weighted by Crippen LogP contribution is -2.39. The van der Waals surface area contributed by atoms with E-state index in [0.29, 0.717) is 42.4 Å². The first kappa shape index (κ1) is 23.5. The van der Waals surface area contributed by atoms with Gasteiger partial charge in [0.1, 0.15) is 17.2 Å². The molecule has 0 bridgehead atoms. The molecule has 3 heterocycles. The number of carbonyl (C=O) groups is 1. The van der Waals surface area contributed by atoms with Crippen molar-refractivity contribution in [1.29, 1.82) is 0 Å². The molecule has 186 valence electrons. The summed E-state index contributed by atoms with van der Waals surface area (Å²) in [6.45, 7) is 5.06. The summed E-state index contributed by atoms with van der Waals surface area (Å²) in [7, 11) is 0. The van der Waals surface area contributed by atoms with Gasteiger partial charge in [-0.05, 0) is 42.5 Å². The second-order valence-corrected chi connectivity index (χ2v) is 9.14. The third-order valence-electron chi connectivity index (χ3n) is 6.21. The Bertz CT molecular complexity index is 1530. The fraction of sp³-hybridized carbons (Fsp3) is 0.346. The molecule has 36 heavy (non-hydrogen) atoms. The van der Waals surface area contributed by atoms with Crippen LogP contribution in [0, 0.1) is 0 Å². The number of nitrogens with one attached hydrogen (secondary N) is 3. The summed E-state index contributed by atoms with van der Waals surface area (Å²) >= 11 is 0. The second-order valence-electron chi connectivity index (χ2n) is 9.14. The molecule has 5 rings (SSSR count). The molecule has 1 aliphatic carbocycles. The molecule has 1 saturated carbocycles. The zero-order valence-electron chi connectivity index (χ0n) is 20.4. The van der Waals surface area contributed by atoms with Gasteiger partial charge < -0.3 is 15.6 Å². The smallest absolute Gasteiger partial charge is 0.333 e. The molecule has 3 N–H and O–H groups in total. The lowest BCUT2D eigenvalue weighted by atomic mass is 10.1. The molecule has 0 aliphatic heterocycles. The first-order valence-electron chi connectivity index (χ1n) is 12.2. The van der Waals surface area contributed by atoms with E-state index in [1.165, 1.54) is 11.5 Å². The van der Waals surface area contributed by atoms with Crippen LogP contribution in [0.5, 0.6) is 0 Å². The molecular weight excluding hydrogens is 458 g/mol. The van der Waals surface area contributed by atoms with Crippen molar-refractivity contribution in [2.24, 2.45) is 0 Å². The van der Waals surface area contributed by atoms with Gasteiger partial charge in [-0.15, -0.1) is 0 Å². The molecule has 10 nitrogen and oxygen atoms in total. The maximum absolute atomic E-state index is 13.0. The highest BCUT2D eigenvalue weighted by molar-refractivity contribution is 5.75. The van der Waals surface area contributed by atoms with Crippen LogP contribution in [0.3, 0.4) is 0 Å². The number of hydrogen-bond donors (Lipinski definition) is 3. The number of H-pyrrole nitrogens is 1. The number of imidazole rings is 1. The molecular formula is C26H29N7O3. The quantitative estimate of drug-likeness (QED) is 0.333. The minimum Gasteiger partial charge on any atom is -0.366 e. The van der Waals surface area contributed by atoms with Crippen LogP contribution in [-0.2, 0) is 24.4 Å². The minimum atomic E-state index is -0.310. The Labute approximate surface area is 207 Å². The molecule has 4 aromatic rings. The molecule has 1 aromatic carbocycles. The second kappa shape index (κ2) is 9.80. The third-order valence-corrected chi connectivity index (χ3v) is 6.21. The molecule has 0 saturated heterocycles. The average molecular weight is 488 g/mol. The van der Waals surface area contributed by atoms with Gasteiger partial charge in [-0.3, -0.25) is 18.7 Å². The highest BCUT2D eigenvalue weighted by atomic mass is 16.2. The number of amides is 1. The van der Waals surface area contributed by atoms with Gasteiger partial charge in [0.25, 0.3) is 5.56 Å². The predicted molar refractivity (Wildman–Crippen MR) is 138 cm³/mol. The summed E-state index contributed by atoms with van der Waals surface area (Å²) in [5.41, 5.74) is 2.97. The Balaban J connectivity index is 1.35. The number of aromatic amines is 1. The zero-order chi connectivity index (χ0) is 25.2. The Kier molecular flexibility index (Phi) is 6.41. The molecule has 3 aromatic heterocycles. The lowest BCUT2D eigenvalue weighted by Gasteiger charge is -2.09. The van der Waals surface area contributed by atoms with Crippen molar-refractivity contribution in [3.8, 4) is 11.4 Å². The average Bonchev–Trinajstić information content (AvgIpc) is 3.61. The van der Waals surface area contributed by atoms with Crippen LogP contribution < -0.4 is 21.9 Å². The number of hydrogen-bond acceptors (Lipinski definition) is 6. The summed E-state index contributed by atoms with van der Waals surface area (Å²) in [6, 6.07) is 11.7. The highest BCUT2D eigenvalue weighted by Gasteiger charge is 2.29. The van der Waals surface area contributed by atoms with E-state index in [2.05, 4.69) is 25.6 Å². The van der Waals surface area contributed by atoms with E-state index in [-0.39, 0.29) is 23.2 Å². The minimum absolute atomic E-state index is 0.0117. The Morgan fingerprint density at radius 3 is 2.58 bits per heavy atom. The van der Waals surface area contributed by atoms with E-state index in [0.717, 1.165) is 36.0 Å². The van der Waals surface area contributed by atoms with Gasteiger partial charge in [0.15, 0.2) is 5.65 Å². The first-order valence-corrected chi connectivity index (χ1v) is 12.2. The maximum atomic E-state index is 13.0. The van der Waals surface area contributed by atoms with Gasteiger partial charge in [-0.25, -0.2) is 14.8 Å². The van der Waals surface area contributed by atoms with Gasteiger partial charge in [0.05, 0.1) is 0 Å². The number of aryl methyl sites for hydroxylation is 1. The summed E-state index contributed by atoms with van der Waals surface area (Å²) in [5, 5.41) is 6.10. The summed E-state index contributed by atoms with van der Waals surface area (Å²) in [6.07, 6.45) is 4.16. The highest BCUT2D eigenvalue weighted by Crippen LogP contribution is 2.32. The summed E-state index contributed by atoms with van der Waals surface area (Å²) < 4.78 is 2.97.